The molecular formula is C13H19N4OS2+. The van der Waals surface area contributed by atoms with Gasteiger partial charge in [0.1, 0.15) is 17.2 Å². The van der Waals surface area contributed by atoms with Gasteiger partial charge < -0.3 is 15.3 Å². The van der Waals surface area contributed by atoms with Gasteiger partial charge in [0, 0.05) is 13.0 Å². The number of thioether (sulfide) groups is 1. The van der Waals surface area contributed by atoms with Crippen molar-refractivity contribution in [2.24, 2.45) is 0 Å². The molecule has 0 aliphatic carbocycles. The zero-order valence-corrected chi connectivity index (χ0v) is 13.3. The number of aliphatic hydroxyl groups is 1. The van der Waals surface area contributed by atoms with Crippen LogP contribution in [0.1, 0.15) is 10.4 Å². The second kappa shape index (κ2) is 5.85. The van der Waals surface area contributed by atoms with Crippen LogP contribution in [-0.4, -0.2) is 48.1 Å². The first-order valence-electron chi connectivity index (χ1n) is 6.75. The van der Waals surface area contributed by atoms with Gasteiger partial charge in [-0.05, 0) is 11.8 Å². The van der Waals surface area contributed by atoms with E-state index < -0.39 is 0 Å². The molecule has 1 aliphatic rings. The van der Waals surface area contributed by atoms with Crippen molar-refractivity contribution in [1.29, 1.82) is 0 Å². The number of nitrogens with zero attached hydrogens (tertiary/aromatic N) is 2. The van der Waals surface area contributed by atoms with Crippen LogP contribution < -0.4 is 10.2 Å². The zero-order chi connectivity index (χ0) is 14.1. The second-order valence-corrected chi connectivity index (χ2v) is 6.88. The van der Waals surface area contributed by atoms with Crippen molar-refractivity contribution in [2.45, 2.75) is 18.1 Å². The van der Waals surface area contributed by atoms with Crippen LogP contribution in [0.25, 0.3) is 10.2 Å². The quantitative estimate of drug-likeness (QED) is 0.563. The van der Waals surface area contributed by atoms with Crippen molar-refractivity contribution in [3.8, 4) is 0 Å². The summed E-state index contributed by atoms with van der Waals surface area (Å²) in [5.41, 5.74) is 1.41. The Morgan fingerprint density at radius 3 is 3.05 bits per heavy atom. The normalized spacial score (nSPS) is 18.2. The number of nitrogens with one attached hydrogen (secondary N) is 2. The van der Waals surface area contributed by atoms with E-state index in [0.717, 1.165) is 35.3 Å². The number of likely N-dealkylation sites (N-methyl/N-ethyl adjacent to an activating group) is 1. The largest absolute Gasteiger partial charge is 0.395 e. The summed E-state index contributed by atoms with van der Waals surface area (Å²) in [5.74, 6) is 0.880. The first kappa shape index (κ1) is 14.1. The van der Waals surface area contributed by atoms with Crippen molar-refractivity contribution >= 4 is 39.1 Å². The number of aliphatic hydroxyl groups excluding tert-OH is 1. The van der Waals surface area contributed by atoms with Gasteiger partial charge in [-0.15, -0.1) is 11.3 Å². The second-order valence-electron chi connectivity index (χ2n) is 5.03. The highest BCUT2D eigenvalue weighted by molar-refractivity contribution is 7.98. The summed E-state index contributed by atoms with van der Waals surface area (Å²) in [6.45, 7) is 2.86. The Labute approximate surface area is 126 Å². The van der Waals surface area contributed by atoms with Crippen LogP contribution in [0.2, 0.25) is 0 Å². The molecule has 0 saturated carbocycles. The third-order valence-electron chi connectivity index (χ3n) is 3.56. The molecule has 0 spiro atoms. The highest BCUT2D eigenvalue weighted by Gasteiger charge is 2.24. The lowest BCUT2D eigenvalue weighted by molar-refractivity contribution is -0.895. The topological polar surface area (TPSA) is 62.5 Å². The van der Waals surface area contributed by atoms with Gasteiger partial charge in [-0.25, -0.2) is 9.97 Å². The SMILES string of the molecule is CSc1nc(NCCO)c2c3c(sc2n1)C[NH+](C)CC3. The molecule has 7 heteroatoms. The summed E-state index contributed by atoms with van der Waals surface area (Å²) in [7, 11) is 2.23. The van der Waals surface area contributed by atoms with Crippen LogP contribution in [0.15, 0.2) is 5.16 Å². The Balaban J connectivity index is 2.13. The number of fused-ring (bicyclic) bond motifs is 3. The lowest BCUT2D eigenvalue weighted by Gasteiger charge is -2.19. The standard InChI is InChI=1S/C13H18N4OS2/c1-17-5-3-8-9(7-17)20-12-10(8)11(14-4-6-18)15-13(16-12)19-2/h18H,3-7H2,1-2H3,(H,14,15,16)/p+1. The number of rotatable bonds is 4. The molecule has 2 aromatic heterocycles. The fraction of sp³-hybridized carbons (Fsp3) is 0.538. The Morgan fingerprint density at radius 2 is 2.30 bits per heavy atom. The van der Waals surface area contributed by atoms with Crippen LogP contribution in [0.3, 0.4) is 0 Å². The summed E-state index contributed by atoms with van der Waals surface area (Å²) >= 11 is 3.35. The van der Waals surface area contributed by atoms with Gasteiger partial charge in [0.25, 0.3) is 0 Å². The van der Waals surface area contributed by atoms with Crippen molar-refractivity contribution in [3.05, 3.63) is 10.4 Å². The summed E-state index contributed by atoms with van der Waals surface area (Å²) < 4.78 is 0. The highest BCUT2D eigenvalue weighted by Crippen LogP contribution is 2.36. The van der Waals surface area contributed by atoms with Crippen LogP contribution >= 0.6 is 23.1 Å². The fourth-order valence-electron chi connectivity index (χ4n) is 2.59. The molecule has 0 amide bonds. The Bertz CT molecular complexity index is 628. The predicted molar refractivity (Wildman–Crippen MR) is 83.9 cm³/mol. The lowest BCUT2D eigenvalue weighted by atomic mass is 10.1. The molecule has 5 nitrogen and oxygen atoms in total. The summed E-state index contributed by atoms with van der Waals surface area (Å²) in [4.78, 5) is 13.3. The highest BCUT2D eigenvalue weighted by atomic mass is 32.2. The maximum Gasteiger partial charge on any atom is 0.190 e. The van der Waals surface area contributed by atoms with E-state index in [9.17, 15) is 0 Å². The lowest BCUT2D eigenvalue weighted by Crippen LogP contribution is -3.08. The molecule has 3 heterocycles. The number of hydrogen-bond donors (Lipinski definition) is 3. The number of hydrogen-bond acceptors (Lipinski definition) is 6. The van der Waals surface area contributed by atoms with E-state index >= 15 is 0 Å². The van der Waals surface area contributed by atoms with Crippen molar-refractivity contribution < 1.29 is 10.0 Å². The molecule has 20 heavy (non-hydrogen) atoms. The van der Waals surface area contributed by atoms with E-state index in [0.29, 0.717) is 6.54 Å². The monoisotopic (exact) mass is 311 g/mol. The third-order valence-corrected chi connectivity index (χ3v) is 5.24. The average Bonchev–Trinajstić information content (AvgIpc) is 2.81. The minimum atomic E-state index is 0.110. The van der Waals surface area contributed by atoms with Gasteiger partial charge in [-0.1, -0.05) is 11.8 Å². The predicted octanol–water partition coefficient (Wildman–Crippen LogP) is 0.388. The zero-order valence-electron chi connectivity index (χ0n) is 11.7. The van der Waals surface area contributed by atoms with Gasteiger partial charge in [-0.3, -0.25) is 0 Å². The van der Waals surface area contributed by atoms with Crippen LogP contribution in [-0.2, 0) is 13.0 Å². The third kappa shape index (κ3) is 2.50. The first-order valence-corrected chi connectivity index (χ1v) is 8.79. The average molecular weight is 311 g/mol. The molecule has 0 aromatic carbocycles. The minimum absolute atomic E-state index is 0.110. The Hall–Kier alpha value is -0.890. The molecule has 0 saturated heterocycles. The van der Waals surface area contributed by atoms with Crippen molar-refractivity contribution in [1.82, 2.24) is 9.97 Å². The van der Waals surface area contributed by atoms with Gasteiger partial charge in [0.15, 0.2) is 5.16 Å². The van der Waals surface area contributed by atoms with Crippen LogP contribution in [0.5, 0.6) is 0 Å². The number of quaternary nitrogens is 1. The van der Waals surface area contributed by atoms with E-state index in [-0.39, 0.29) is 6.61 Å². The minimum Gasteiger partial charge on any atom is -0.395 e. The van der Waals surface area contributed by atoms with E-state index in [1.807, 2.05) is 6.26 Å². The summed E-state index contributed by atoms with van der Waals surface area (Å²) in [6.07, 6.45) is 3.07. The molecule has 2 aromatic rings. The maximum atomic E-state index is 9.04. The molecule has 3 N–H and O–H groups in total. The molecule has 1 unspecified atom stereocenters. The molecule has 0 fully saturated rings. The van der Waals surface area contributed by atoms with E-state index in [1.54, 1.807) is 28.0 Å². The summed E-state index contributed by atoms with van der Waals surface area (Å²) in [6, 6.07) is 0. The number of aromatic nitrogens is 2. The first-order chi connectivity index (χ1) is 9.72. The van der Waals surface area contributed by atoms with Crippen LogP contribution in [0, 0.1) is 0 Å². The Morgan fingerprint density at radius 1 is 1.45 bits per heavy atom. The molecule has 1 aliphatic heterocycles. The number of anilines is 1. The smallest absolute Gasteiger partial charge is 0.190 e. The van der Waals surface area contributed by atoms with E-state index in [2.05, 4.69) is 22.3 Å². The molecule has 0 radical (unpaired) electrons. The van der Waals surface area contributed by atoms with Gasteiger partial charge in [0.2, 0.25) is 0 Å². The molecule has 3 rings (SSSR count). The van der Waals surface area contributed by atoms with Crippen LogP contribution in [0.4, 0.5) is 5.82 Å². The molecular weight excluding hydrogens is 292 g/mol. The van der Waals surface area contributed by atoms with Gasteiger partial charge >= 0.3 is 0 Å². The molecule has 1 atom stereocenters. The van der Waals surface area contributed by atoms with Crippen molar-refractivity contribution in [2.75, 3.05) is 38.3 Å². The Kier molecular flexibility index (Phi) is 4.11. The molecule has 0 bridgehead atoms. The maximum absolute atomic E-state index is 9.04. The fourth-order valence-corrected chi connectivity index (χ4v) is 4.34. The molecule has 108 valence electrons. The van der Waals surface area contributed by atoms with Gasteiger partial charge in [-0.2, -0.15) is 0 Å². The number of thiophene rings is 1. The van der Waals surface area contributed by atoms with E-state index in [4.69, 9.17) is 5.11 Å². The summed E-state index contributed by atoms with van der Waals surface area (Å²) in [5, 5.41) is 14.2. The van der Waals surface area contributed by atoms with E-state index in [1.165, 1.54) is 15.8 Å². The van der Waals surface area contributed by atoms with Crippen molar-refractivity contribution in [3.63, 3.8) is 0 Å². The van der Waals surface area contributed by atoms with Gasteiger partial charge in [0.05, 0.1) is 30.5 Å².